The first-order chi connectivity index (χ1) is 7.78. The summed E-state index contributed by atoms with van der Waals surface area (Å²) in [6.07, 6.45) is 2.32. The second kappa shape index (κ2) is 11.8. The van der Waals surface area contributed by atoms with Gasteiger partial charge in [0, 0.05) is 45.8 Å². The SMILES string of the molecule is CCC(CBr)CN(CCCOC)CCOC. The van der Waals surface area contributed by atoms with E-state index in [1.165, 1.54) is 6.42 Å². The molecule has 1 unspecified atom stereocenters. The molecule has 0 spiro atoms. The summed E-state index contributed by atoms with van der Waals surface area (Å²) in [4.78, 5) is 2.47. The molecule has 0 rings (SSSR count). The number of hydrogen-bond donors (Lipinski definition) is 0. The summed E-state index contributed by atoms with van der Waals surface area (Å²) < 4.78 is 10.2. The largest absolute Gasteiger partial charge is 0.385 e. The normalized spacial score (nSPS) is 13.3. The topological polar surface area (TPSA) is 21.7 Å². The predicted molar refractivity (Wildman–Crippen MR) is 72.4 cm³/mol. The van der Waals surface area contributed by atoms with Gasteiger partial charge in [0.25, 0.3) is 0 Å². The standard InChI is InChI=1S/C12H26BrNO2/c1-4-12(10-13)11-14(7-9-16-3)6-5-8-15-2/h12H,4-11H2,1-3H3. The minimum absolute atomic E-state index is 0.736. The van der Waals surface area contributed by atoms with Gasteiger partial charge in [-0.2, -0.15) is 0 Å². The van der Waals surface area contributed by atoms with Crippen LogP contribution >= 0.6 is 15.9 Å². The Kier molecular flexibility index (Phi) is 12.1. The molecule has 0 saturated heterocycles. The van der Waals surface area contributed by atoms with Crippen LogP contribution < -0.4 is 0 Å². The second-order valence-corrected chi connectivity index (χ2v) is 4.72. The highest BCUT2D eigenvalue weighted by atomic mass is 79.9. The lowest BCUT2D eigenvalue weighted by atomic mass is 10.1. The molecular formula is C12H26BrNO2. The van der Waals surface area contributed by atoms with Crippen molar-refractivity contribution in [3.8, 4) is 0 Å². The van der Waals surface area contributed by atoms with E-state index in [9.17, 15) is 0 Å². The number of alkyl halides is 1. The second-order valence-electron chi connectivity index (χ2n) is 4.07. The van der Waals surface area contributed by atoms with Gasteiger partial charge < -0.3 is 14.4 Å². The number of rotatable bonds is 11. The highest BCUT2D eigenvalue weighted by Crippen LogP contribution is 2.09. The van der Waals surface area contributed by atoms with Crippen LogP contribution in [0.4, 0.5) is 0 Å². The van der Waals surface area contributed by atoms with Gasteiger partial charge in [0.15, 0.2) is 0 Å². The molecule has 0 radical (unpaired) electrons. The van der Waals surface area contributed by atoms with E-state index in [1.54, 1.807) is 14.2 Å². The smallest absolute Gasteiger partial charge is 0.0589 e. The van der Waals surface area contributed by atoms with E-state index in [2.05, 4.69) is 27.8 Å². The van der Waals surface area contributed by atoms with E-state index in [-0.39, 0.29) is 0 Å². The van der Waals surface area contributed by atoms with Gasteiger partial charge in [0.1, 0.15) is 0 Å². The number of methoxy groups -OCH3 is 2. The molecule has 0 aliphatic heterocycles. The fourth-order valence-electron chi connectivity index (χ4n) is 1.60. The Labute approximate surface area is 109 Å². The molecule has 0 saturated carbocycles. The minimum atomic E-state index is 0.736. The maximum Gasteiger partial charge on any atom is 0.0589 e. The Hall–Kier alpha value is 0.360. The molecule has 98 valence electrons. The van der Waals surface area contributed by atoms with Crippen molar-refractivity contribution in [2.45, 2.75) is 19.8 Å². The van der Waals surface area contributed by atoms with E-state index in [0.717, 1.165) is 50.5 Å². The van der Waals surface area contributed by atoms with Gasteiger partial charge >= 0.3 is 0 Å². The first-order valence-electron chi connectivity index (χ1n) is 6.04. The van der Waals surface area contributed by atoms with Crippen molar-refractivity contribution in [2.24, 2.45) is 5.92 Å². The molecule has 16 heavy (non-hydrogen) atoms. The van der Waals surface area contributed by atoms with E-state index in [0.29, 0.717) is 0 Å². The van der Waals surface area contributed by atoms with Gasteiger partial charge in [0.05, 0.1) is 6.61 Å². The molecule has 0 heterocycles. The van der Waals surface area contributed by atoms with Crippen molar-refractivity contribution < 1.29 is 9.47 Å². The van der Waals surface area contributed by atoms with Crippen LogP contribution in [0.5, 0.6) is 0 Å². The zero-order valence-electron chi connectivity index (χ0n) is 10.9. The first-order valence-corrected chi connectivity index (χ1v) is 7.16. The Balaban J connectivity index is 3.87. The quantitative estimate of drug-likeness (QED) is 0.432. The summed E-state index contributed by atoms with van der Waals surface area (Å²) in [7, 11) is 3.52. The molecule has 0 aromatic rings. The molecule has 3 nitrogen and oxygen atoms in total. The van der Waals surface area contributed by atoms with Crippen molar-refractivity contribution in [3.63, 3.8) is 0 Å². The van der Waals surface area contributed by atoms with Crippen LogP contribution in [0.25, 0.3) is 0 Å². The third kappa shape index (κ3) is 8.50. The Morgan fingerprint density at radius 3 is 2.31 bits per heavy atom. The van der Waals surface area contributed by atoms with Crippen LogP contribution in [0.2, 0.25) is 0 Å². The molecule has 4 heteroatoms. The maximum absolute atomic E-state index is 5.14. The van der Waals surface area contributed by atoms with Gasteiger partial charge in [-0.3, -0.25) is 0 Å². The van der Waals surface area contributed by atoms with E-state index < -0.39 is 0 Å². The molecular weight excluding hydrogens is 270 g/mol. The molecule has 0 aromatic carbocycles. The van der Waals surface area contributed by atoms with Gasteiger partial charge in [-0.25, -0.2) is 0 Å². The van der Waals surface area contributed by atoms with Crippen LogP contribution in [0.15, 0.2) is 0 Å². The lowest BCUT2D eigenvalue weighted by Crippen LogP contribution is -2.34. The fraction of sp³-hybridized carbons (Fsp3) is 1.00. The van der Waals surface area contributed by atoms with Gasteiger partial charge in [-0.15, -0.1) is 0 Å². The molecule has 0 fully saturated rings. The molecule has 0 aliphatic rings. The Morgan fingerprint density at radius 2 is 1.81 bits per heavy atom. The van der Waals surface area contributed by atoms with Crippen LogP contribution in [0.3, 0.4) is 0 Å². The summed E-state index contributed by atoms with van der Waals surface area (Å²) in [6.45, 7) is 7.16. The molecule has 1 atom stereocenters. The third-order valence-corrected chi connectivity index (χ3v) is 3.66. The summed E-state index contributed by atoms with van der Waals surface area (Å²) in [5.74, 6) is 0.736. The van der Waals surface area contributed by atoms with E-state index in [4.69, 9.17) is 9.47 Å². The van der Waals surface area contributed by atoms with Crippen molar-refractivity contribution >= 4 is 15.9 Å². The van der Waals surface area contributed by atoms with Crippen LogP contribution in [-0.4, -0.2) is 57.3 Å². The number of hydrogen-bond acceptors (Lipinski definition) is 3. The van der Waals surface area contributed by atoms with Gasteiger partial charge in [0.2, 0.25) is 0 Å². The van der Waals surface area contributed by atoms with E-state index >= 15 is 0 Å². The Morgan fingerprint density at radius 1 is 1.12 bits per heavy atom. The highest BCUT2D eigenvalue weighted by Gasteiger charge is 2.11. The van der Waals surface area contributed by atoms with Gasteiger partial charge in [-0.1, -0.05) is 29.3 Å². The Bertz CT molecular complexity index is 143. The summed E-state index contributed by atoms with van der Waals surface area (Å²) in [5.41, 5.74) is 0. The minimum Gasteiger partial charge on any atom is -0.385 e. The predicted octanol–water partition coefficient (Wildman–Crippen LogP) is 2.39. The zero-order valence-corrected chi connectivity index (χ0v) is 12.5. The van der Waals surface area contributed by atoms with Crippen molar-refractivity contribution in [1.82, 2.24) is 4.90 Å². The van der Waals surface area contributed by atoms with Crippen molar-refractivity contribution in [1.29, 1.82) is 0 Å². The molecule has 0 amide bonds. The summed E-state index contributed by atoms with van der Waals surface area (Å²) in [5, 5.41) is 1.08. The molecule has 0 bridgehead atoms. The maximum atomic E-state index is 5.14. The average Bonchev–Trinajstić information content (AvgIpc) is 2.32. The van der Waals surface area contributed by atoms with Crippen LogP contribution in [0, 0.1) is 5.92 Å². The highest BCUT2D eigenvalue weighted by molar-refractivity contribution is 9.09. The summed E-state index contributed by atoms with van der Waals surface area (Å²) in [6, 6.07) is 0. The lowest BCUT2D eigenvalue weighted by Gasteiger charge is -2.25. The van der Waals surface area contributed by atoms with E-state index in [1.807, 2.05) is 0 Å². The molecule has 0 aliphatic carbocycles. The average molecular weight is 296 g/mol. The number of halogens is 1. The number of ether oxygens (including phenoxy) is 2. The van der Waals surface area contributed by atoms with Crippen molar-refractivity contribution in [2.75, 3.05) is 52.4 Å². The van der Waals surface area contributed by atoms with Gasteiger partial charge in [-0.05, 0) is 12.3 Å². The monoisotopic (exact) mass is 295 g/mol. The third-order valence-electron chi connectivity index (χ3n) is 2.75. The first kappa shape index (κ1) is 16.4. The fourth-order valence-corrected chi connectivity index (χ4v) is 2.26. The summed E-state index contributed by atoms with van der Waals surface area (Å²) >= 11 is 3.57. The van der Waals surface area contributed by atoms with Crippen molar-refractivity contribution in [3.05, 3.63) is 0 Å². The lowest BCUT2D eigenvalue weighted by molar-refractivity contribution is 0.124. The molecule has 0 N–H and O–H groups in total. The molecule has 0 aromatic heterocycles. The zero-order chi connectivity index (χ0) is 12.2. The number of nitrogens with zero attached hydrogens (tertiary/aromatic N) is 1. The van der Waals surface area contributed by atoms with Crippen LogP contribution in [0.1, 0.15) is 19.8 Å². The van der Waals surface area contributed by atoms with Crippen LogP contribution in [-0.2, 0) is 9.47 Å².